The highest BCUT2D eigenvalue weighted by Crippen LogP contribution is 2.24. The first kappa shape index (κ1) is 15.0. The molecule has 0 radical (unpaired) electrons. The molecule has 2 heteroatoms. The van der Waals surface area contributed by atoms with Gasteiger partial charge in [-0.05, 0) is 43.1 Å². The number of hydrogen-bond donors (Lipinski definition) is 0. The highest BCUT2D eigenvalue weighted by Gasteiger charge is 2.30. The Morgan fingerprint density at radius 2 is 1.61 bits per heavy atom. The molecule has 1 rings (SSSR count). The Labute approximate surface area is 113 Å². The van der Waals surface area contributed by atoms with Crippen LogP contribution in [0.2, 0.25) is 18.1 Å². The lowest BCUT2D eigenvalue weighted by Gasteiger charge is -2.29. The lowest BCUT2D eigenvalue weighted by atomic mass is 10.1. The van der Waals surface area contributed by atoms with Crippen molar-refractivity contribution in [1.29, 1.82) is 0 Å². The summed E-state index contributed by atoms with van der Waals surface area (Å²) in [4.78, 5) is 0. The Balaban J connectivity index is 2.61. The molecule has 0 aliphatic rings. The van der Waals surface area contributed by atoms with Crippen LogP contribution in [0.3, 0.4) is 0 Å². The van der Waals surface area contributed by atoms with Crippen LogP contribution in [0.15, 0.2) is 42.2 Å². The zero-order valence-corrected chi connectivity index (χ0v) is 13.2. The second kappa shape index (κ2) is 7.42. The second-order valence-electron chi connectivity index (χ2n) is 4.85. The van der Waals surface area contributed by atoms with Gasteiger partial charge in [0.15, 0.2) is 0 Å². The maximum atomic E-state index is 6.31. The third-order valence-electron chi connectivity index (χ3n) is 3.78. The van der Waals surface area contributed by atoms with Crippen LogP contribution < -0.4 is 0 Å². The lowest BCUT2D eigenvalue weighted by molar-refractivity contribution is 0.405. The van der Waals surface area contributed by atoms with Crippen molar-refractivity contribution in [1.82, 2.24) is 0 Å². The molecule has 18 heavy (non-hydrogen) atoms. The predicted molar refractivity (Wildman–Crippen MR) is 82.2 cm³/mol. The topological polar surface area (TPSA) is 9.23 Å². The minimum Gasteiger partial charge on any atom is -0.547 e. The van der Waals surface area contributed by atoms with E-state index in [9.17, 15) is 0 Å². The molecule has 100 valence electrons. The van der Waals surface area contributed by atoms with Crippen LogP contribution in [0.25, 0.3) is 0 Å². The van der Waals surface area contributed by atoms with E-state index < -0.39 is 8.32 Å². The molecule has 0 N–H and O–H groups in total. The van der Waals surface area contributed by atoms with Gasteiger partial charge in [-0.15, -0.1) is 0 Å². The third kappa shape index (κ3) is 4.34. The highest BCUT2D eigenvalue weighted by molar-refractivity contribution is 6.73. The smallest absolute Gasteiger partial charge is 0.250 e. The maximum absolute atomic E-state index is 6.31. The number of rotatable bonds is 7. The molecule has 1 aromatic carbocycles. The van der Waals surface area contributed by atoms with Crippen molar-refractivity contribution in [2.24, 2.45) is 0 Å². The van der Waals surface area contributed by atoms with Gasteiger partial charge in [0.25, 0.3) is 0 Å². The van der Waals surface area contributed by atoms with Gasteiger partial charge < -0.3 is 4.43 Å². The molecule has 1 nitrogen and oxygen atoms in total. The fourth-order valence-electron chi connectivity index (χ4n) is 2.23. The Hall–Kier alpha value is -1.02. The van der Waals surface area contributed by atoms with Crippen LogP contribution in [0, 0.1) is 0 Å². The molecule has 0 fully saturated rings. The van der Waals surface area contributed by atoms with Gasteiger partial charge >= 0.3 is 0 Å². The molecule has 0 aromatic heterocycles. The van der Waals surface area contributed by atoms with Crippen molar-refractivity contribution in [2.75, 3.05) is 0 Å². The molecular formula is C16H26OSi. The first-order valence-electron chi connectivity index (χ1n) is 7.05. The van der Waals surface area contributed by atoms with Crippen molar-refractivity contribution < 1.29 is 4.43 Å². The van der Waals surface area contributed by atoms with E-state index in [1.807, 2.05) is 0 Å². The monoisotopic (exact) mass is 262 g/mol. The van der Waals surface area contributed by atoms with Gasteiger partial charge in [-0.1, -0.05) is 51.1 Å². The highest BCUT2D eigenvalue weighted by atomic mass is 28.4. The SMILES string of the molecule is CC[Si](CC)(CC)O/C(C)=C\Cc1ccccc1. The Kier molecular flexibility index (Phi) is 6.20. The predicted octanol–water partition coefficient (Wildman–Crippen LogP) is 5.15. The summed E-state index contributed by atoms with van der Waals surface area (Å²) in [5, 5.41) is 0. The van der Waals surface area contributed by atoms with Crippen molar-refractivity contribution in [3.63, 3.8) is 0 Å². The molecule has 0 saturated heterocycles. The maximum Gasteiger partial charge on any atom is 0.250 e. The zero-order chi connectivity index (χ0) is 13.4. The van der Waals surface area contributed by atoms with E-state index in [1.165, 1.54) is 23.7 Å². The zero-order valence-electron chi connectivity index (χ0n) is 12.2. The van der Waals surface area contributed by atoms with Crippen molar-refractivity contribution in [3.05, 3.63) is 47.7 Å². The number of benzene rings is 1. The van der Waals surface area contributed by atoms with Crippen LogP contribution in [-0.4, -0.2) is 8.32 Å². The number of allylic oxidation sites excluding steroid dienone is 2. The molecule has 1 aromatic rings. The molecule has 0 aliphatic carbocycles. The first-order chi connectivity index (χ1) is 8.65. The minimum absolute atomic E-state index is 0.967. The summed E-state index contributed by atoms with van der Waals surface area (Å²) in [7, 11) is -1.49. The van der Waals surface area contributed by atoms with E-state index in [0.717, 1.165) is 12.2 Å². The van der Waals surface area contributed by atoms with Crippen LogP contribution in [0.1, 0.15) is 33.3 Å². The summed E-state index contributed by atoms with van der Waals surface area (Å²) in [5.41, 5.74) is 1.34. The van der Waals surface area contributed by atoms with Gasteiger partial charge in [-0.2, -0.15) is 0 Å². The van der Waals surface area contributed by atoms with E-state index in [0.29, 0.717) is 0 Å². The van der Waals surface area contributed by atoms with Gasteiger partial charge in [0.1, 0.15) is 0 Å². The minimum atomic E-state index is -1.49. The Morgan fingerprint density at radius 1 is 1.06 bits per heavy atom. The first-order valence-corrected chi connectivity index (χ1v) is 9.58. The van der Waals surface area contributed by atoms with Gasteiger partial charge in [0.05, 0.1) is 5.76 Å². The summed E-state index contributed by atoms with van der Waals surface area (Å²) < 4.78 is 6.31. The van der Waals surface area contributed by atoms with Gasteiger partial charge in [-0.3, -0.25) is 0 Å². The average Bonchev–Trinajstić information content (AvgIpc) is 2.44. The largest absolute Gasteiger partial charge is 0.547 e. The lowest BCUT2D eigenvalue weighted by Crippen LogP contribution is -2.35. The molecule has 0 atom stereocenters. The number of hydrogen-bond acceptors (Lipinski definition) is 1. The summed E-state index contributed by atoms with van der Waals surface area (Å²) in [6.45, 7) is 8.91. The van der Waals surface area contributed by atoms with Crippen LogP contribution >= 0.6 is 0 Å². The standard InChI is InChI=1S/C16H26OSi/c1-5-18(6-2,7-3)17-15(4)13-14-16-11-9-8-10-12-16/h8-13H,5-7,14H2,1-4H3/b15-13-. The van der Waals surface area contributed by atoms with Crippen LogP contribution in [0.5, 0.6) is 0 Å². The molecule has 0 amide bonds. The van der Waals surface area contributed by atoms with Crippen molar-refractivity contribution >= 4 is 8.32 Å². The van der Waals surface area contributed by atoms with Gasteiger partial charge in [-0.25, -0.2) is 0 Å². The normalized spacial score (nSPS) is 12.6. The van der Waals surface area contributed by atoms with E-state index in [2.05, 4.69) is 64.1 Å². The quantitative estimate of drug-likeness (QED) is 0.487. The molecule has 0 bridgehead atoms. The van der Waals surface area contributed by atoms with Gasteiger partial charge in [0.2, 0.25) is 8.32 Å². The van der Waals surface area contributed by atoms with Crippen LogP contribution in [0.4, 0.5) is 0 Å². The summed E-state index contributed by atoms with van der Waals surface area (Å²) in [5.74, 6) is 1.11. The van der Waals surface area contributed by atoms with E-state index in [4.69, 9.17) is 4.43 Å². The fraction of sp³-hybridized carbons (Fsp3) is 0.500. The fourth-order valence-corrected chi connectivity index (χ4v) is 4.92. The third-order valence-corrected chi connectivity index (χ3v) is 8.40. The average molecular weight is 262 g/mol. The Morgan fingerprint density at radius 3 is 2.11 bits per heavy atom. The Bertz CT molecular complexity index is 358. The van der Waals surface area contributed by atoms with E-state index in [-0.39, 0.29) is 0 Å². The molecule has 0 unspecified atom stereocenters. The summed E-state index contributed by atoms with van der Waals surface area (Å²) >= 11 is 0. The molecule has 0 heterocycles. The van der Waals surface area contributed by atoms with E-state index in [1.54, 1.807) is 0 Å². The summed E-state index contributed by atoms with van der Waals surface area (Å²) in [6, 6.07) is 14.2. The molecule has 0 saturated carbocycles. The van der Waals surface area contributed by atoms with E-state index >= 15 is 0 Å². The summed E-state index contributed by atoms with van der Waals surface area (Å²) in [6.07, 6.45) is 3.19. The van der Waals surface area contributed by atoms with Crippen molar-refractivity contribution in [2.45, 2.75) is 52.2 Å². The molecule has 0 spiro atoms. The molecule has 0 aliphatic heterocycles. The second-order valence-corrected chi connectivity index (χ2v) is 9.54. The van der Waals surface area contributed by atoms with Gasteiger partial charge in [0, 0.05) is 0 Å². The van der Waals surface area contributed by atoms with Crippen LogP contribution in [-0.2, 0) is 10.8 Å². The molecular weight excluding hydrogens is 236 g/mol. The van der Waals surface area contributed by atoms with Crippen molar-refractivity contribution in [3.8, 4) is 0 Å².